The number of nitrogens with one attached hydrogen (secondary N) is 2. The third kappa shape index (κ3) is 8.66. The van der Waals surface area contributed by atoms with Gasteiger partial charge in [0.2, 0.25) is 0 Å². The number of morpholine rings is 1. The Morgan fingerprint density at radius 1 is 1.19 bits per heavy atom. The number of aliphatic imine (C=N–C) groups is 1. The van der Waals surface area contributed by atoms with Gasteiger partial charge in [-0.2, -0.15) is 0 Å². The highest BCUT2D eigenvalue weighted by Crippen LogP contribution is 2.31. The second-order valence-corrected chi connectivity index (χ2v) is 8.24. The molecule has 182 valence electrons. The van der Waals surface area contributed by atoms with Gasteiger partial charge in [-0.3, -0.25) is 4.90 Å². The zero-order valence-corrected chi connectivity index (χ0v) is 21.5. The maximum absolute atomic E-state index is 9.44. The van der Waals surface area contributed by atoms with E-state index in [0.29, 0.717) is 19.8 Å². The zero-order chi connectivity index (χ0) is 21.8. The fraction of sp³-hybridized carbons (Fsp3) is 0.696. The van der Waals surface area contributed by atoms with Gasteiger partial charge in [-0.05, 0) is 25.8 Å². The fourth-order valence-electron chi connectivity index (χ4n) is 3.97. The van der Waals surface area contributed by atoms with Crippen LogP contribution in [0.3, 0.4) is 0 Å². The van der Waals surface area contributed by atoms with E-state index in [1.165, 1.54) is 0 Å². The largest absolute Gasteiger partial charge is 0.492 e. The molecule has 1 aromatic rings. The summed E-state index contributed by atoms with van der Waals surface area (Å²) < 4.78 is 17.1. The summed E-state index contributed by atoms with van der Waals surface area (Å²) in [6.45, 7) is 10.8. The molecule has 8 nitrogen and oxygen atoms in total. The first kappa shape index (κ1) is 27.1. The lowest BCUT2D eigenvalue weighted by Gasteiger charge is -2.27. The van der Waals surface area contributed by atoms with Gasteiger partial charge in [0.15, 0.2) is 5.96 Å². The standard InChI is InChI=1S/C23H38N4O4.HI/c1-2-24-22(26-18-23(7-12-28)8-13-30-19-23)25-17-20-5-3-4-6-21(20)31-16-11-27-9-14-29-15-10-27;/h3-6,28H,2,7-19H2,1H3,(H2,24,25,26);1H. The minimum atomic E-state index is -0.0224. The van der Waals surface area contributed by atoms with Crippen LogP contribution >= 0.6 is 24.0 Å². The maximum atomic E-state index is 9.44. The van der Waals surface area contributed by atoms with Crippen LogP contribution in [-0.2, 0) is 16.0 Å². The van der Waals surface area contributed by atoms with E-state index in [4.69, 9.17) is 19.2 Å². The molecule has 1 atom stereocenters. The fourth-order valence-corrected chi connectivity index (χ4v) is 3.97. The number of ether oxygens (including phenoxy) is 3. The molecule has 32 heavy (non-hydrogen) atoms. The smallest absolute Gasteiger partial charge is 0.191 e. The average Bonchev–Trinajstić information content (AvgIpc) is 3.26. The Hall–Kier alpha value is -1.14. The summed E-state index contributed by atoms with van der Waals surface area (Å²) in [4.78, 5) is 7.15. The van der Waals surface area contributed by atoms with Crippen molar-refractivity contribution in [3.63, 3.8) is 0 Å². The lowest BCUT2D eigenvalue weighted by atomic mass is 9.84. The normalized spacial score (nSPS) is 21.8. The molecule has 2 aliphatic rings. The van der Waals surface area contributed by atoms with Crippen LogP contribution in [0.1, 0.15) is 25.3 Å². The number of hydrogen-bond acceptors (Lipinski definition) is 6. The molecule has 0 aliphatic carbocycles. The molecule has 3 N–H and O–H groups in total. The molecule has 3 rings (SSSR count). The third-order valence-corrected chi connectivity index (χ3v) is 5.95. The van der Waals surface area contributed by atoms with Gasteiger partial charge in [-0.25, -0.2) is 4.99 Å². The summed E-state index contributed by atoms with van der Waals surface area (Å²) in [6.07, 6.45) is 1.69. The van der Waals surface area contributed by atoms with E-state index in [1.54, 1.807) is 0 Å². The Kier molecular flexibility index (Phi) is 12.6. The number of rotatable bonds is 11. The molecule has 0 spiro atoms. The van der Waals surface area contributed by atoms with Crippen molar-refractivity contribution in [3.8, 4) is 5.75 Å². The number of para-hydroxylation sites is 1. The van der Waals surface area contributed by atoms with Gasteiger partial charge >= 0.3 is 0 Å². The van der Waals surface area contributed by atoms with Crippen molar-refractivity contribution in [2.75, 3.05) is 72.4 Å². The minimum absolute atomic E-state index is 0. The van der Waals surface area contributed by atoms with Gasteiger partial charge in [0, 0.05) is 56.9 Å². The Morgan fingerprint density at radius 2 is 2.00 bits per heavy atom. The molecule has 0 radical (unpaired) electrons. The van der Waals surface area contributed by atoms with E-state index < -0.39 is 0 Å². The van der Waals surface area contributed by atoms with Crippen LogP contribution in [0.4, 0.5) is 0 Å². The molecule has 2 aliphatic heterocycles. The maximum Gasteiger partial charge on any atom is 0.191 e. The predicted octanol–water partition coefficient (Wildman–Crippen LogP) is 1.86. The molecule has 9 heteroatoms. The molecule has 1 unspecified atom stereocenters. The van der Waals surface area contributed by atoms with E-state index in [-0.39, 0.29) is 36.0 Å². The van der Waals surface area contributed by atoms with Crippen molar-refractivity contribution >= 4 is 29.9 Å². The topological polar surface area (TPSA) is 87.6 Å². The SMILES string of the molecule is CCNC(=NCc1ccccc1OCCN1CCOCC1)NCC1(CCO)CCOC1.I. The van der Waals surface area contributed by atoms with E-state index in [2.05, 4.69) is 28.5 Å². The van der Waals surface area contributed by atoms with Crippen molar-refractivity contribution in [1.29, 1.82) is 0 Å². The van der Waals surface area contributed by atoms with Crippen molar-refractivity contribution in [1.82, 2.24) is 15.5 Å². The van der Waals surface area contributed by atoms with E-state index in [1.807, 2.05) is 18.2 Å². The average molecular weight is 562 g/mol. The van der Waals surface area contributed by atoms with Crippen molar-refractivity contribution < 1.29 is 19.3 Å². The van der Waals surface area contributed by atoms with Crippen LogP contribution < -0.4 is 15.4 Å². The third-order valence-electron chi connectivity index (χ3n) is 5.95. The predicted molar refractivity (Wildman–Crippen MR) is 137 cm³/mol. The summed E-state index contributed by atoms with van der Waals surface area (Å²) in [7, 11) is 0. The summed E-state index contributed by atoms with van der Waals surface area (Å²) >= 11 is 0. The Balaban J connectivity index is 0.00000363. The molecule has 0 amide bonds. The summed E-state index contributed by atoms with van der Waals surface area (Å²) in [5.41, 5.74) is 1.04. The van der Waals surface area contributed by atoms with Crippen LogP contribution in [0.2, 0.25) is 0 Å². The molecule has 0 bridgehead atoms. The molecular weight excluding hydrogens is 523 g/mol. The first-order chi connectivity index (χ1) is 15.2. The highest BCUT2D eigenvalue weighted by Gasteiger charge is 2.34. The Labute approximate surface area is 209 Å². The molecular formula is C23H39IN4O4. The lowest BCUT2D eigenvalue weighted by molar-refractivity contribution is 0.0322. The van der Waals surface area contributed by atoms with E-state index in [0.717, 1.165) is 82.7 Å². The van der Waals surface area contributed by atoms with Gasteiger partial charge in [-0.15, -0.1) is 24.0 Å². The van der Waals surface area contributed by atoms with Gasteiger partial charge in [0.25, 0.3) is 0 Å². The van der Waals surface area contributed by atoms with Crippen molar-refractivity contribution in [2.45, 2.75) is 26.3 Å². The number of halogens is 1. The Bertz CT molecular complexity index is 680. The summed E-state index contributed by atoms with van der Waals surface area (Å²) in [6, 6.07) is 8.09. The molecule has 0 saturated carbocycles. The van der Waals surface area contributed by atoms with Gasteiger partial charge in [-0.1, -0.05) is 18.2 Å². The van der Waals surface area contributed by atoms with Crippen LogP contribution in [0, 0.1) is 5.41 Å². The number of nitrogens with zero attached hydrogens (tertiary/aromatic N) is 2. The Morgan fingerprint density at radius 3 is 2.72 bits per heavy atom. The zero-order valence-electron chi connectivity index (χ0n) is 19.2. The summed E-state index contributed by atoms with van der Waals surface area (Å²) in [5, 5.41) is 16.2. The number of aliphatic hydroxyl groups excluding tert-OH is 1. The second-order valence-electron chi connectivity index (χ2n) is 8.24. The summed E-state index contributed by atoms with van der Waals surface area (Å²) in [5.74, 6) is 1.66. The van der Waals surface area contributed by atoms with Crippen molar-refractivity contribution in [3.05, 3.63) is 29.8 Å². The number of benzene rings is 1. The number of hydrogen-bond donors (Lipinski definition) is 3. The second kappa shape index (κ2) is 14.9. The minimum Gasteiger partial charge on any atom is -0.492 e. The van der Waals surface area contributed by atoms with Gasteiger partial charge in [0.05, 0.1) is 26.4 Å². The highest BCUT2D eigenvalue weighted by molar-refractivity contribution is 14.0. The monoisotopic (exact) mass is 562 g/mol. The van der Waals surface area contributed by atoms with Crippen LogP contribution in [0.5, 0.6) is 5.75 Å². The van der Waals surface area contributed by atoms with E-state index in [9.17, 15) is 5.11 Å². The van der Waals surface area contributed by atoms with Gasteiger partial charge in [0.1, 0.15) is 12.4 Å². The number of guanidine groups is 1. The van der Waals surface area contributed by atoms with Crippen LogP contribution in [0.25, 0.3) is 0 Å². The first-order valence-electron chi connectivity index (χ1n) is 11.5. The molecule has 2 saturated heterocycles. The molecule has 1 aromatic carbocycles. The molecule has 0 aromatic heterocycles. The molecule has 2 heterocycles. The van der Waals surface area contributed by atoms with E-state index >= 15 is 0 Å². The lowest BCUT2D eigenvalue weighted by Crippen LogP contribution is -2.44. The first-order valence-corrected chi connectivity index (χ1v) is 11.5. The highest BCUT2D eigenvalue weighted by atomic mass is 127. The number of aliphatic hydroxyl groups is 1. The van der Waals surface area contributed by atoms with Crippen LogP contribution in [-0.4, -0.2) is 88.3 Å². The molecule has 2 fully saturated rings. The quantitative estimate of drug-likeness (QED) is 0.216. The van der Waals surface area contributed by atoms with Crippen LogP contribution in [0.15, 0.2) is 29.3 Å². The van der Waals surface area contributed by atoms with Crippen molar-refractivity contribution in [2.24, 2.45) is 10.4 Å². The van der Waals surface area contributed by atoms with Gasteiger partial charge < -0.3 is 30.0 Å².